The van der Waals surface area contributed by atoms with Gasteiger partial charge in [0.1, 0.15) is 0 Å². The summed E-state index contributed by atoms with van der Waals surface area (Å²) in [6.07, 6.45) is 3.83. The van der Waals surface area contributed by atoms with Crippen LogP contribution in [0.4, 0.5) is 0 Å². The molecule has 0 saturated carbocycles. The van der Waals surface area contributed by atoms with Gasteiger partial charge < -0.3 is 15.0 Å². The molecule has 3 heteroatoms. The Kier molecular flexibility index (Phi) is 7.01. The van der Waals surface area contributed by atoms with Crippen molar-refractivity contribution in [2.45, 2.75) is 39.2 Å². The van der Waals surface area contributed by atoms with Gasteiger partial charge in [0, 0.05) is 32.8 Å². The van der Waals surface area contributed by atoms with Gasteiger partial charge in [-0.15, -0.1) is 0 Å². The molecule has 96 valence electrons. The molecule has 0 atom stereocenters. The standard InChI is InChI=1S/C13H28N2O/c1-12(2)15(9-4-10-16-3)11-13-5-7-14-8-6-13/h12-14H,4-11H2,1-3H3. The summed E-state index contributed by atoms with van der Waals surface area (Å²) in [4.78, 5) is 2.61. The van der Waals surface area contributed by atoms with E-state index in [0.29, 0.717) is 6.04 Å². The van der Waals surface area contributed by atoms with Gasteiger partial charge in [0.25, 0.3) is 0 Å². The van der Waals surface area contributed by atoms with Crippen LogP contribution in [0.15, 0.2) is 0 Å². The van der Waals surface area contributed by atoms with Gasteiger partial charge >= 0.3 is 0 Å². The fourth-order valence-electron chi connectivity index (χ4n) is 2.37. The monoisotopic (exact) mass is 228 g/mol. The van der Waals surface area contributed by atoms with Crippen LogP contribution in [0.2, 0.25) is 0 Å². The van der Waals surface area contributed by atoms with Crippen molar-refractivity contribution >= 4 is 0 Å². The normalized spacial score (nSPS) is 18.6. The van der Waals surface area contributed by atoms with E-state index in [1.165, 1.54) is 39.0 Å². The second kappa shape index (κ2) is 8.04. The van der Waals surface area contributed by atoms with Gasteiger partial charge in [-0.2, -0.15) is 0 Å². The molecule has 1 N–H and O–H groups in total. The highest BCUT2D eigenvalue weighted by atomic mass is 16.5. The number of nitrogens with zero attached hydrogens (tertiary/aromatic N) is 1. The third kappa shape index (κ3) is 5.28. The molecule has 1 rings (SSSR count). The molecule has 0 spiro atoms. The van der Waals surface area contributed by atoms with Gasteiger partial charge in [0.15, 0.2) is 0 Å². The molecule has 0 unspecified atom stereocenters. The van der Waals surface area contributed by atoms with Gasteiger partial charge in [0.05, 0.1) is 0 Å². The number of hydrogen-bond donors (Lipinski definition) is 1. The minimum absolute atomic E-state index is 0.659. The summed E-state index contributed by atoms with van der Waals surface area (Å²) in [7, 11) is 1.78. The summed E-state index contributed by atoms with van der Waals surface area (Å²) in [6.45, 7) is 10.3. The lowest BCUT2D eigenvalue weighted by atomic mass is 9.97. The smallest absolute Gasteiger partial charge is 0.0474 e. The van der Waals surface area contributed by atoms with Gasteiger partial charge in [-0.05, 0) is 52.1 Å². The molecule has 0 aromatic rings. The van der Waals surface area contributed by atoms with E-state index in [0.717, 1.165) is 18.9 Å². The summed E-state index contributed by atoms with van der Waals surface area (Å²) in [6, 6.07) is 0.659. The fourth-order valence-corrected chi connectivity index (χ4v) is 2.37. The molecule has 0 aromatic carbocycles. The average molecular weight is 228 g/mol. The third-order valence-corrected chi connectivity index (χ3v) is 3.48. The minimum atomic E-state index is 0.659. The molecule has 0 bridgehead atoms. The average Bonchev–Trinajstić information content (AvgIpc) is 2.29. The zero-order valence-electron chi connectivity index (χ0n) is 11.2. The zero-order chi connectivity index (χ0) is 11.8. The first-order valence-corrected chi connectivity index (χ1v) is 6.67. The Hall–Kier alpha value is -0.120. The Bertz CT molecular complexity index is 167. The molecular weight excluding hydrogens is 200 g/mol. The van der Waals surface area contributed by atoms with Gasteiger partial charge in [-0.1, -0.05) is 0 Å². The van der Waals surface area contributed by atoms with Crippen molar-refractivity contribution in [1.82, 2.24) is 10.2 Å². The Labute approximate surface area is 101 Å². The third-order valence-electron chi connectivity index (χ3n) is 3.48. The van der Waals surface area contributed by atoms with Crippen molar-refractivity contribution in [1.29, 1.82) is 0 Å². The van der Waals surface area contributed by atoms with Crippen LogP contribution >= 0.6 is 0 Å². The van der Waals surface area contributed by atoms with Crippen LogP contribution in [-0.4, -0.2) is 50.8 Å². The Morgan fingerprint density at radius 2 is 2.00 bits per heavy atom. The highest BCUT2D eigenvalue weighted by molar-refractivity contribution is 4.74. The van der Waals surface area contributed by atoms with E-state index < -0.39 is 0 Å². The summed E-state index contributed by atoms with van der Waals surface area (Å²) >= 11 is 0. The van der Waals surface area contributed by atoms with Crippen LogP contribution in [0.25, 0.3) is 0 Å². The first-order chi connectivity index (χ1) is 7.74. The molecule has 0 aromatic heterocycles. The first-order valence-electron chi connectivity index (χ1n) is 6.67. The molecule has 1 aliphatic heterocycles. The predicted octanol–water partition coefficient (Wildman–Crippen LogP) is 1.73. The molecule has 1 heterocycles. The van der Waals surface area contributed by atoms with E-state index in [1.807, 2.05) is 0 Å². The highest BCUT2D eigenvalue weighted by Gasteiger charge is 2.18. The Morgan fingerprint density at radius 1 is 1.31 bits per heavy atom. The number of piperidine rings is 1. The zero-order valence-corrected chi connectivity index (χ0v) is 11.2. The number of rotatable bonds is 7. The Morgan fingerprint density at radius 3 is 2.56 bits per heavy atom. The van der Waals surface area contributed by atoms with E-state index >= 15 is 0 Å². The van der Waals surface area contributed by atoms with E-state index in [1.54, 1.807) is 7.11 Å². The van der Waals surface area contributed by atoms with Gasteiger partial charge in [0.2, 0.25) is 0 Å². The molecular formula is C13H28N2O. The second-order valence-corrected chi connectivity index (χ2v) is 5.13. The molecule has 1 aliphatic rings. The topological polar surface area (TPSA) is 24.5 Å². The predicted molar refractivity (Wildman–Crippen MR) is 68.8 cm³/mol. The van der Waals surface area contributed by atoms with Crippen LogP contribution in [0.1, 0.15) is 33.1 Å². The lowest BCUT2D eigenvalue weighted by Gasteiger charge is -2.32. The SMILES string of the molecule is COCCCN(CC1CCNCC1)C(C)C. The molecule has 0 radical (unpaired) electrons. The maximum atomic E-state index is 5.13. The van der Waals surface area contributed by atoms with E-state index in [-0.39, 0.29) is 0 Å². The van der Waals surface area contributed by atoms with E-state index in [4.69, 9.17) is 4.74 Å². The van der Waals surface area contributed by atoms with Crippen molar-refractivity contribution in [3.63, 3.8) is 0 Å². The summed E-state index contributed by atoms with van der Waals surface area (Å²) in [5.41, 5.74) is 0. The lowest BCUT2D eigenvalue weighted by molar-refractivity contribution is 0.137. The van der Waals surface area contributed by atoms with E-state index in [9.17, 15) is 0 Å². The van der Waals surface area contributed by atoms with Crippen molar-refractivity contribution in [3.05, 3.63) is 0 Å². The molecule has 1 saturated heterocycles. The lowest BCUT2D eigenvalue weighted by Crippen LogP contribution is -2.40. The van der Waals surface area contributed by atoms with Crippen molar-refractivity contribution in [2.75, 3.05) is 39.9 Å². The molecule has 16 heavy (non-hydrogen) atoms. The minimum Gasteiger partial charge on any atom is -0.385 e. The van der Waals surface area contributed by atoms with Crippen LogP contribution in [0.3, 0.4) is 0 Å². The molecule has 0 aliphatic carbocycles. The Balaban J connectivity index is 2.25. The van der Waals surface area contributed by atoms with Crippen LogP contribution < -0.4 is 5.32 Å². The van der Waals surface area contributed by atoms with Crippen LogP contribution in [0, 0.1) is 5.92 Å². The summed E-state index contributed by atoms with van der Waals surface area (Å²) < 4.78 is 5.13. The fraction of sp³-hybridized carbons (Fsp3) is 1.00. The van der Waals surface area contributed by atoms with Crippen molar-refractivity contribution < 1.29 is 4.74 Å². The summed E-state index contributed by atoms with van der Waals surface area (Å²) in [5.74, 6) is 0.895. The number of hydrogen-bond acceptors (Lipinski definition) is 3. The van der Waals surface area contributed by atoms with Crippen LogP contribution in [0.5, 0.6) is 0 Å². The van der Waals surface area contributed by atoms with E-state index in [2.05, 4.69) is 24.1 Å². The largest absolute Gasteiger partial charge is 0.385 e. The number of nitrogens with one attached hydrogen (secondary N) is 1. The van der Waals surface area contributed by atoms with Crippen molar-refractivity contribution in [3.8, 4) is 0 Å². The maximum absolute atomic E-state index is 5.13. The molecule has 1 fully saturated rings. The molecule has 0 amide bonds. The highest BCUT2D eigenvalue weighted by Crippen LogP contribution is 2.15. The molecule has 3 nitrogen and oxygen atoms in total. The first kappa shape index (κ1) is 13.9. The van der Waals surface area contributed by atoms with Crippen LogP contribution in [-0.2, 0) is 4.74 Å². The van der Waals surface area contributed by atoms with Gasteiger partial charge in [-0.25, -0.2) is 0 Å². The van der Waals surface area contributed by atoms with Gasteiger partial charge in [-0.3, -0.25) is 0 Å². The number of ether oxygens (including phenoxy) is 1. The number of methoxy groups -OCH3 is 1. The quantitative estimate of drug-likeness (QED) is 0.672. The summed E-state index contributed by atoms with van der Waals surface area (Å²) in [5, 5.41) is 3.43. The maximum Gasteiger partial charge on any atom is 0.0474 e. The second-order valence-electron chi connectivity index (χ2n) is 5.13. The van der Waals surface area contributed by atoms with Crippen molar-refractivity contribution in [2.24, 2.45) is 5.92 Å².